The molecule has 0 amide bonds. The molecule has 0 bridgehead atoms. The molecule has 1 N–H and O–H groups in total. The molecule has 1 aromatic heterocycles. The van der Waals surface area contributed by atoms with Crippen molar-refractivity contribution in [1.29, 1.82) is 0 Å². The van der Waals surface area contributed by atoms with Crippen LogP contribution >= 0.6 is 0 Å². The molecule has 0 aliphatic heterocycles. The summed E-state index contributed by atoms with van der Waals surface area (Å²) in [7, 11) is 1.61. The molecule has 3 rings (SSSR count). The lowest BCUT2D eigenvalue weighted by atomic mass is 10.3. The maximum atomic E-state index is 11.2. The van der Waals surface area contributed by atoms with Gasteiger partial charge in [-0.1, -0.05) is 0 Å². The van der Waals surface area contributed by atoms with Crippen LogP contribution in [0, 0.1) is 0 Å². The first kappa shape index (κ1) is 14.7. The third kappa shape index (κ3) is 3.35. The van der Waals surface area contributed by atoms with Crippen LogP contribution < -0.4 is 14.9 Å². The number of benzene rings is 2. The highest BCUT2D eigenvalue weighted by Crippen LogP contribution is 2.24. The van der Waals surface area contributed by atoms with Crippen molar-refractivity contribution in [2.45, 2.75) is 0 Å². The van der Waals surface area contributed by atoms with Gasteiger partial charge in [-0.2, -0.15) is 0 Å². The van der Waals surface area contributed by atoms with E-state index in [2.05, 4.69) is 0 Å². The van der Waals surface area contributed by atoms with Gasteiger partial charge in [0.15, 0.2) is 5.75 Å². The fourth-order valence-corrected chi connectivity index (χ4v) is 2.10. The van der Waals surface area contributed by atoms with Crippen LogP contribution in [0.2, 0.25) is 0 Å². The number of nitrogens with zero attached hydrogens (tertiary/aromatic N) is 1. The molecule has 0 aliphatic carbocycles. The molecule has 5 nitrogen and oxygen atoms in total. The highest BCUT2D eigenvalue weighted by Gasteiger charge is 2.02. The molecule has 2 aromatic carbocycles. The molecule has 0 spiro atoms. The summed E-state index contributed by atoms with van der Waals surface area (Å²) in [6, 6.07) is 15.9. The number of aromatic nitrogens is 1. The number of ether oxygens (including phenoxy) is 2. The Kier molecular flexibility index (Phi) is 4.01. The molecular formula is C18H15NO4. The van der Waals surface area contributed by atoms with Crippen molar-refractivity contribution in [1.82, 2.24) is 4.57 Å². The standard InChI is InChI=1S/C18H15NO4/c1-22-14-6-8-16(9-7-14)23-15-4-2-13(3-5-15)19-11-10-17(20)18(21)12-19/h2-12,21H,1H3. The Morgan fingerprint density at radius 2 is 1.43 bits per heavy atom. The summed E-state index contributed by atoms with van der Waals surface area (Å²) in [5, 5.41) is 9.49. The van der Waals surface area contributed by atoms with Crippen LogP contribution in [-0.4, -0.2) is 16.8 Å². The minimum absolute atomic E-state index is 0.286. The lowest BCUT2D eigenvalue weighted by molar-refractivity contribution is 0.413. The van der Waals surface area contributed by atoms with Gasteiger partial charge in [0.25, 0.3) is 0 Å². The third-order valence-corrected chi connectivity index (χ3v) is 3.33. The number of methoxy groups -OCH3 is 1. The lowest BCUT2D eigenvalue weighted by Gasteiger charge is -2.09. The average Bonchev–Trinajstić information content (AvgIpc) is 2.59. The quantitative estimate of drug-likeness (QED) is 0.803. The van der Waals surface area contributed by atoms with E-state index in [1.807, 2.05) is 48.5 Å². The van der Waals surface area contributed by atoms with Gasteiger partial charge in [-0.05, 0) is 48.5 Å². The fourth-order valence-electron chi connectivity index (χ4n) is 2.10. The molecule has 23 heavy (non-hydrogen) atoms. The molecule has 0 aliphatic rings. The van der Waals surface area contributed by atoms with Crippen LogP contribution in [-0.2, 0) is 0 Å². The Hall–Kier alpha value is -3.21. The van der Waals surface area contributed by atoms with Crippen molar-refractivity contribution in [3.63, 3.8) is 0 Å². The Labute approximate surface area is 133 Å². The van der Waals surface area contributed by atoms with Crippen LogP contribution in [0.5, 0.6) is 23.0 Å². The van der Waals surface area contributed by atoms with Crippen LogP contribution in [0.4, 0.5) is 0 Å². The first-order valence-corrected chi connectivity index (χ1v) is 6.99. The van der Waals surface area contributed by atoms with Crippen molar-refractivity contribution in [3.05, 3.63) is 77.2 Å². The molecule has 1 heterocycles. The first-order valence-electron chi connectivity index (χ1n) is 6.99. The smallest absolute Gasteiger partial charge is 0.223 e. The average molecular weight is 309 g/mol. The molecule has 5 heteroatoms. The summed E-state index contributed by atoms with van der Waals surface area (Å²) >= 11 is 0. The molecule has 0 atom stereocenters. The van der Waals surface area contributed by atoms with E-state index in [4.69, 9.17) is 9.47 Å². The van der Waals surface area contributed by atoms with E-state index in [1.165, 1.54) is 12.3 Å². The molecule has 0 fully saturated rings. The van der Waals surface area contributed by atoms with Crippen molar-refractivity contribution in [2.24, 2.45) is 0 Å². The zero-order chi connectivity index (χ0) is 16.2. The summed E-state index contributed by atoms with van der Waals surface area (Å²) in [4.78, 5) is 11.2. The number of aromatic hydroxyl groups is 1. The van der Waals surface area contributed by atoms with Gasteiger partial charge in [0.05, 0.1) is 13.3 Å². The number of hydrogen-bond acceptors (Lipinski definition) is 4. The highest BCUT2D eigenvalue weighted by atomic mass is 16.5. The van der Waals surface area contributed by atoms with E-state index in [0.717, 1.165) is 11.4 Å². The van der Waals surface area contributed by atoms with Gasteiger partial charge >= 0.3 is 0 Å². The Balaban J connectivity index is 1.78. The molecule has 116 valence electrons. The zero-order valence-electron chi connectivity index (χ0n) is 12.5. The zero-order valence-corrected chi connectivity index (χ0v) is 12.5. The van der Waals surface area contributed by atoms with Crippen LogP contribution in [0.3, 0.4) is 0 Å². The van der Waals surface area contributed by atoms with Gasteiger partial charge < -0.3 is 19.1 Å². The van der Waals surface area contributed by atoms with E-state index in [0.29, 0.717) is 11.5 Å². The molecule has 0 unspecified atom stereocenters. The largest absolute Gasteiger partial charge is 0.503 e. The van der Waals surface area contributed by atoms with E-state index < -0.39 is 5.43 Å². The summed E-state index contributed by atoms with van der Waals surface area (Å²) in [6.45, 7) is 0. The predicted molar refractivity (Wildman–Crippen MR) is 86.8 cm³/mol. The fraction of sp³-hybridized carbons (Fsp3) is 0.0556. The van der Waals surface area contributed by atoms with Gasteiger partial charge in [0.1, 0.15) is 17.2 Å². The maximum Gasteiger partial charge on any atom is 0.223 e. The molecule has 0 saturated heterocycles. The Morgan fingerprint density at radius 1 is 0.870 bits per heavy atom. The van der Waals surface area contributed by atoms with Crippen molar-refractivity contribution >= 4 is 0 Å². The second kappa shape index (κ2) is 6.27. The molecule has 0 saturated carbocycles. The topological polar surface area (TPSA) is 60.7 Å². The Bertz CT molecular complexity index is 851. The highest BCUT2D eigenvalue weighted by molar-refractivity contribution is 5.41. The second-order valence-corrected chi connectivity index (χ2v) is 4.87. The summed E-state index contributed by atoms with van der Waals surface area (Å²) in [6.07, 6.45) is 2.98. The van der Waals surface area contributed by atoms with Gasteiger partial charge in [-0.15, -0.1) is 0 Å². The molecule has 3 aromatic rings. The Morgan fingerprint density at radius 3 is 2.00 bits per heavy atom. The van der Waals surface area contributed by atoms with Crippen LogP contribution in [0.15, 0.2) is 71.8 Å². The van der Waals surface area contributed by atoms with E-state index in [-0.39, 0.29) is 5.75 Å². The third-order valence-electron chi connectivity index (χ3n) is 3.33. The number of pyridine rings is 1. The molecular weight excluding hydrogens is 294 g/mol. The van der Waals surface area contributed by atoms with Crippen molar-refractivity contribution in [3.8, 4) is 28.7 Å². The maximum absolute atomic E-state index is 11.2. The summed E-state index contributed by atoms with van der Waals surface area (Å²) in [5.74, 6) is 1.88. The van der Waals surface area contributed by atoms with Gasteiger partial charge in [-0.3, -0.25) is 4.79 Å². The van der Waals surface area contributed by atoms with E-state index >= 15 is 0 Å². The molecule has 0 radical (unpaired) electrons. The van der Waals surface area contributed by atoms with Gasteiger partial charge in [-0.25, -0.2) is 0 Å². The van der Waals surface area contributed by atoms with Crippen LogP contribution in [0.1, 0.15) is 0 Å². The van der Waals surface area contributed by atoms with Crippen molar-refractivity contribution < 1.29 is 14.6 Å². The number of rotatable bonds is 4. The normalized spacial score (nSPS) is 10.3. The first-order chi connectivity index (χ1) is 11.2. The monoisotopic (exact) mass is 309 g/mol. The summed E-state index contributed by atoms with van der Waals surface area (Å²) < 4.78 is 12.5. The van der Waals surface area contributed by atoms with E-state index in [9.17, 15) is 9.90 Å². The SMILES string of the molecule is COc1ccc(Oc2ccc(-n3ccc(=O)c(O)c3)cc2)cc1. The minimum Gasteiger partial charge on any atom is -0.503 e. The van der Waals surface area contributed by atoms with Gasteiger partial charge in [0.2, 0.25) is 5.43 Å². The van der Waals surface area contributed by atoms with Crippen molar-refractivity contribution in [2.75, 3.05) is 7.11 Å². The van der Waals surface area contributed by atoms with E-state index in [1.54, 1.807) is 17.9 Å². The minimum atomic E-state index is -0.402. The predicted octanol–water partition coefficient (Wildman–Crippen LogP) is 3.34. The lowest BCUT2D eigenvalue weighted by Crippen LogP contribution is -2.03. The van der Waals surface area contributed by atoms with Crippen LogP contribution in [0.25, 0.3) is 5.69 Å². The second-order valence-electron chi connectivity index (χ2n) is 4.87. The summed E-state index contributed by atoms with van der Waals surface area (Å²) in [5.41, 5.74) is 0.406. The van der Waals surface area contributed by atoms with Gasteiger partial charge in [0, 0.05) is 18.0 Å². The number of hydrogen-bond donors (Lipinski definition) is 1.